The molecule has 1 amide bonds. The monoisotopic (exact) mass is 774 g/mol. The highest BCUT2D eigenvalue weighted by Gasteiger charge is 2.26. The lowest BCUT2D eigenvalue weighted by molar-refractivity contribution is -0.124. The average Bonchev–Trinajstić information content (AvgIpc) is 3.19. The first-order valence-electron chi connectivity index (χ1n) is 24.3. The number of hydrogen-bond acceptors (Lipinski definition) is 4. The van der Waals surface area contributed by atoms with Gasteiger partial charge in [0, 0.05) is 6.42 Å². The molecule has 0 radical (unpaired) electrons. The molecule has 5 nitrogen and oxygen atoms in total. The Morgan fingerprint density at radius 3 is 1.11 bits per heavy atom. The molecular formula is C50H95NO4. The van der Waals surface area contributed by atoms with Crippen LogP contribution in [-0.2, 0) is 4.79 Å². The zero-order chi connectivity index (χ0) is 40.1. The Balaban J connectivity index is 3.66. The third kappa shape index (κ3) is 40.6. The van der Waals surface area contributed by atoms with Crippen molar-refractivity contribution in [2.45, 2.75) is 270 Å². The zero-order valence-electron chi connectivity index (χ0n) is 36.8. The molecule has 0 aromatic heterocycles. The van der Waals surface area contributed by atoms with E-state index in [1.54, 1.807) is 0 Å². The van der Waals surface area contributed by atoms with Gasteiger partial charge in [-0.2, -0.15) is 0 Å². The molecule has 324 valence electrons. The van der Waals surface area contributed by atoms with Gasteiger partial charge in [0.05, 0.1) is 18.8 Å². The highest BCUT2D eigenvalue weighted by atomic mass is 16.3. The summed E-state index contributed by atoms with van der Waals surface area (Å²) in [5, 5.41) is 33.6. The van der Waals surface area contributed by atoms with Crippen molar-refractivity contribution < 1.29 is 20.1 Å². The SMILES string of the molecule is CCCCCCCCCCCC/C=C/CC/C=C/CCCC(O)C(O)C(CO)NC(=O)CCCCCCCCC/C=C\CCCCCCCCCCCCC. The largest absolute Gasteiger partial charge is 0.394 e. The first-order chi connectivity index (χ1) is 27.1. The van der Waals surface area contributed by atoms with Crippen LogP contribution in [-0.4, -0.2) is 46.1 Å². The molecule has 3 unspecified atom stereocenters. The molecule has 4 N–H and O–H groups in total. The summed E-state index contributed by atoms with van der Waals surface area (Å²) in [7, 11) is 0. The molecule has 0 aromatic carbocycles. The van der Waals surface area contributed by atoms with Crippen molar-refractivity contribution in [3.05, 3.63) is 36.5 Å². The summed E-state index contributed by atoms with van der Waals surface area (Å²) < 4.78 is 0. The van der Waals surface area contributed by atoms with Gasteiger partial charge in [-0.15, -0.1) is 0 Å². The molecule has 0 spiro atoms. The molecule has 0 aromatic rings. The Kier molecular flexibility index (Phi) is 44.1. The molecule has 3 atom stereocenters. The topological polar surface area (TPSA) is 89.8 Å². The smallest absolute Gasteiger partial charge is 0.220 e. The summed E-state index contributed by atoms with van der Waals surface area (Å²) in [5.74, 6) is -0.161. The van der Waals surface area contributed by atoms with Gasteiger partial charge in [-0.1, -0.05) is 204 Å². The summed E-state index contributed by atoms with van der Waals surface area (Å²) in [6, 6.07) is -0.834. The minimum Gasteiger partial charge on any atom is -0.394 e. The van der Waals surface area contributed by atoms with Crippen molar-refractivity contribution in [2.24, 2.45) is 0 Å². The van der Waals surface area contributed by atoms with Gasteiger partial charge in [0.25, 0.3) is 0 Å². The predicted octanol–water partition coefficient (Wildman–Crippen LogP) is 14.3. The fourth-order valence-corrected chi connectivity index (χ4v) is 7.41. The van der Waals surface area contributed by atoms with Gasteiger partial charge in [-0.05, 0) is 77.0 Å². The molecular weight excluding hydrogens is 679 g/mol. The number of hydrogen-bond donors (Lipinski definition) is 4. The number of allylic oxidation sites excluding steroid dienone is 6. The Morgan fingerprint density at radius 2 is 0.745 bits per heavy atom. The standard InChI is InChI=1S/C50H95NO4/c1-3-5-7-9-11-13-15-17-19-21-23-24-25-27-29-31-33-35-37-39-41-43-45-49(54)51-47(46-52)50(55)48(53)44-42-40-38-36-34-32-30-28-26-22-20-18-16-14-12-10-8-6-4-2/h25,27-28,30,36,38,47-48,50,52-53,55H,3-24,26,29,31-35,37,39-46H2,1-2H3,(H,51,54)/b27-25-,30-28+,38-36+. The molecule has 0 aliphatic heterocycles. The number of nitrogens with one attached hydrogen (secondary N) is 1. The van der Waals surface area contributed by atoms with Gasteiger partial charge in [-0.3, -0.25) is 4.79 Å². The zero-order valence-corrected chi connectivity index (χ0v) is 36.8. The van der Waals surface area contributed by atoms with Crippen LogP contribution >= 0.6 is 0 Å². The second-order valence-corrected chi connectivity index (χ2v) is 16.6. The van der Waals surface area contributed by atoms with Gasteiger partial charge >= 0.3 is 0 Å². The Bertz CT molecular complexity index is 855. The molecule has 0 fully saturated rings. The van der Waals surface area contributed by atoms with Gasteiger partial charge < -0.3 is 20.6 Å². The van der Waals surface area contributed by atoms with E-state index in [4.69, 9.17) is 0 Å². The van der Waals surface area contributed by atoms with E-state index in [0.29, 0.717) is 12.8 Å². The van der Waals surface area contributed by atoms with E-state index in [2.05, 4.69) is 55.6 Å². The third-order valence-corrected chi connectivity index (χ3v) is 11.2. The van der Waals surface area contributed by atoms with Crippen molar-refractivity contribution in [1.82, 2.24) is 5.32 Å². The van der Waals surface area contributed by atoms with Gasteiger partial charge in [0.15, 0.2) is 0 Å². The van der Waals surface area contributed by atoms with E-state index >= 15 is 0 Å². The van der Waals surface area contributed by atoms with Crippen molar-refractivity contribution >= 4 is 5.91 Å². The van der Waals surface area contributed by atoms with E-state index in [9.17, 15) is 20.1 Å². The molecule has 0 aliphatic carbocycles. The maximum atomic E-state index is 12.5. The highest BCUT2D eigenvalue weighted by molar-refractivity contribution is 5.76. The quantitative estimate of drug-likeness (QED) is 0.0367. The summed E-state index contributed by atoms with van der Waals surface area (Å²) >= 11 is 0. The van der Waals surface area contributed by atoms with Crippen molar-refractivity contribution in [3.8, 4) is 0 Å². The number of aliphatic hydroxyl groups is 3. The minimum absolute atomic E-state index is 0.161. The van der Waals surface area contributed by atoms with Crippen molar-refractivity contribution in [1.29, 1.82) is 0 Å². The number of amides is 1. The summed E-state index contributed by atoms with van der Waals surface area (Å²) in [6.45, 7) is 4.18. The van der Waals surface area contributed by atoms with Crippen LogP contribution in [0.15, 0.2) is 36.5 Å². The normalized spacial score (nSPS) is 13.8. The Labute approximate surface area is 343 Å². The van der Waals surface area contributed by atoms with Crippen LogP contribution in [0.25, 0.3) is 0 Å². The number of carbonyl (C=O) groups excluding carboxylic acids is 1. The van der Waals surface area contributed by atoms with Crippen LogP contribution in [0.2, 0.25) is 0 Å². The molecule has 0 saturated heterocycles. The molecule has 0 heterocycles. The molecule has 0 aliphatic rings. The van der Waals surface area contributed by atoms with Crippen LogP contribution < -0.4 is 5.32 Å². The lowest BCUT2D eigenvalue weighted by Crippen LogP contribution is -2.50. The van der Waals surface area contributed by atoms with Gasteiger partial charge in [0.2, 0.25) is 5.91 Å². The Morgan fingerprint density at radius 1 is 0.436 bits per heavy atom. The maximum Gasteiger partial charge on any atom is 0.220 e. The van der Waals surface area contributed by atoms with Crippen molar-refractivity contribution in [3.63, 3.8) is 0 Å². The van der Waals surface area contributed by atoms with E-state index < -0.39 is 18.2 Å². The van der Waals surface area contributed by atoms with Crippen LogP contribution in [0.1, 0.15) is 251 Å². The van der Waals surface area contributed by atoms with E-state index in [0.717, 1.165) is 44.9 Å². The second kappa shape index (κ2) is 45.3. The molecule has 0 rings (SSSR count). The highest BCUT2D eigenvalue weighted by Crippen LogP contribution is 2.15. The fraction of sp³-hybridized carbons (Fsp3) is 0.860. The van der Waals surface area contributed by atoms with Gasteiger partial charge in [-0.25, -0.2) is 0 Å². The minimum atomic E-state index is -1.17. The number of rotatable bonds is 44. The maximum absolute atomic E-state index is 12.5. The molecule has 5 heteroatoms. The number of aliphatic hydroxyl groups excluding tert-OH is 3. The number of unbranched alkanes of at least 4 members (excludes halogenated alkanes) is 30. The molecule has 0 bridgehead atoms. The third-order valence-electron chi connectivity index (χ3n) is 11.2. The van der Waals surface area contributed by atoms with E-state index in [-0.39, 0.29) is 12.5 Å². The second-order valence-electron chi connectivity index (χ2n) is 16.6. The summed E-state index contributed by atoms with van der Waals surface area (Å²) in [5.41, 5.74) is 0. The lowest BCUT2D eigenvalue weighted by Gasteiger charge is -2.26. The first-order valence-corrected chi connectivity index (χ1v) is 24.3. The van der Waals surface area contributed by atoms with Crippen molar-refractivity contribution in [2.75, 3.05) is 6.61 Å². The molecule has 0 saturated carbocycles. The lowest BCUT2D eigenvalue weighted by atomic mass is 10.0. The molecule has 55 heavy (non-hydrogen) atoms. The van der Waals surface area contributed by atoms with Crippen LogP contribution in [0.4, 0.5) is 0 Å². The number of carbonyl (C=O) groups is 1. The Hall–Kier alpha value is -1.43. The fourth-order valence-electron chi connectivity index (χ4n) is 7.41. The first kappa shape index (κ1) is 53.6. The summed E-state index contributed by atoms with van der Waals surface area (Å²) in [4.78, 5) is 12.5. The van der Waals surface area contributed by atoms with Crippen LogP contribution in [0, 0.1) is 0 Å². The average molecular weight is 774 g/mol. The van der Waals surface area contributed by atoms with Crippen LogP contribution in [0.3, 0.4) is 0 Å². The predicted molar refractivity (Wildman–Crippen MR) is 241 cm³/mol. The van der Waals surface area contributed by atoms with E-state index in [1.165, 1.54) is 180 Å². The summed E-state index contributed by atoms with van der Waals surface area (Å²) in [6.07, 6.45) is 56.9. The van der Waals surface area contributed by atoms with Gasteiger partial charge in [0.1, 0.15) is 6.10 Å². The van der Waals surface area contributed by atoms with Crippen LogP contribution in [0.5, 0.6) is 0 Å². The van der Waals surface area contributed by atoms with E-state index in [1.807, 2.05) is 0 Å².